The summed E-state index contributed by atoms with van der Waals surface area (Å²) in [5.41, 5.74) is 0.991. The van der Waals surface area contributed by atoms with Crippen LogP contribution in [-0.2, 0) is 6.54 Å². The minimum absolute atomic E-state index is 0.266. The molecule has 18 heavy (non-hydrogen) atoms. The molecule has 6 nitrogen and oxygen atoms in total. The Kier molecular flexibility index (Phi) is 2.75. The maximum Gasteiger partial charge on any atom is 0.214 e. The summed E-state index contributed by atoms with van der Waals surface area (Å²) in [7, 11) is 0. The van der Waals surface area contributed by atoms with Gasteiger partial charge in [-0.3, -0.25) is 4.68 Å². The number of imidazole rings is 1. The third-order valence-electron chi connectivity index (χ3n) is 2.55. The zero-order valence-corrected chi connectivity index (χ0v) is 11.1. The molecular weight excluding hydrogens is 248 g/mol. The largest absolute Gasteiger partial charge is 0.356 e. The molecule has 3 aromatic rings. The molecule has 1 N–H and O–H groups in total. The van der Waals surface area contributed by atoms with Gasteiger partial charge in [0.15, 0.2) is 0 Å². The Labute approximate surface area is 108 Å². The fourth-order valence-electron chi connectivity index (χ4n) is 1.81. The van der Waals surface area contributed by atoms with Crippen molar-refractivity contribution in [2.45, 2.75) is 26.4 Å². The van der Waals surface area contributed by atoms with Gasteiger partial charge in [-0.2, -0.15) is 5.10 Å². The number of hydrogen-bond acceptors (Lipinski definition) is 5. The molecule has 0 aliphatic rings. The normalized spacial score (nSPS) is 13.0. The van der Waals surface area contributed by atoms with Gasteiger partial charge in [0.25, 0.3) is 0 Å². The lowest BCUT2D eigenvalue weighted by atomic mass is 10.3. The minimum atomic E-state index is 0.266. The fourth-order valence-corrected chi connectivity index (χ4v) is 2.75. The number of aromatic nitrogens is 5. The van der Waals surface area contributed by atoms with Crippen molar-refractivity contribution in [2.24, 2.45) is 0 Å². The molecule has 7 heteroatoms. The summed E-state index contributed by atoms with van der Waals surface area (Å²) in [6.07, 6.45) is 5.67. The molecule has 0 aromatic carbocycles. The Hall–Kier alpha value is -1.89. The van der Waals surface area contributed by atoms with Crippen molar-refractivity contribution in [3.05, 3.63) is 30.4 Å². The van der Waals surface area contributed by atoms with Crippen LogP contribution in [0, 0.1) is 6.92 Å². The SMILES string of the molecule is Cc1cn2nc(NC(C)Cn3cccn3)sc2n1. The molecule has 0 aliphatic heterocycles. The fraction of sp³-hybridized carbons (Fsp3) is 0.364. The molecule has 94 valence electrons. The number of rotatable bonds is 4. The smallest absolute Gasteiger partial charge is 0.214 e. The molecule has 0 aliphatic carbocycles. The predicted octanol–water partition coefficient (Wildman–Crippen LogP) is 1.80. The van der Waals surface area contributed by atoms with E-state index in [4.69, 9.17) is 0 Å². The van der Waals surface area contributed by atoms with Gasteiger partial charge in [0.2, 0.25) is 10.1 Å². The van der Waals surface area contributed by atoms with Crippen LogP contribution < -0.4 is 5.32 Å². The maximum atomic E-state index is 4.43. The number of anilines is 1. The average molecular weight is 262 g/mol. The zero-order chi connectivity index (χ0) is 12.5. The molecule has 0 bridgehead atoms. The Morgan fingerprint density at radius 1 is 1.50 bits per heavy atom. The van der Waals surface area contributed by atoms with Gasteiger partial charge in [-0.1, -0.05) is 11.3 Å². The highest BCUT2D eigenvalue weighted by atomic mass is 32.1. The molecule has 3 heterocycles. The number of nitrogens with zero attached hydrogens (tertiary/aromatic N) is 5. The Bertz CT molecular complexity index is 606. The van der Waals surface area contributed by atoms with Gasteiger partial charge in [0, 0.05) is 18.4 Å². The molecule has 3 rings (SSSR count). The number of hydrogen-bond donors (Lipinski definition) is 1. The van der Waals surface area contributed by atoms with Crippen LogP contribution in [0.15, 0.2) is 24.7 Å². The summed E-state index contributed by atoms with van der Waals surface area (Å²) in [6, 6.07) is 2.19. The molecule has 0 fully saturated rings. The lowest BCUT2D eigenvalue weighted by Gasteiger charge is -2.12. The third kappa shape index (κ3) is 2.21. The molecule has 0 radical (unpaired) electrons. The number of aryl methyl sites for hydroxylation is 1. The summed E-state index contributed by atoms with van der Waals surface area (Å²) in [5, 5.41) is 12.9. The molecular formula is C11H14N6S. The van der Waals surface area contributed by atoms with E-state index >= 15 is 0 Å². The van der Waals surface area contributed by atoms with Crippen molar-refractivity contribution in [3.8, 4) is 0 Å². The summed E-state index contributed by atoms with van der Waals surface area (Å²) >= 11 is 1.56. The second kappa shape index (κ2) is 4.41. The van der Waals surface area contributed by atoms with Gasteiger partial charge in [-0.15, -0.1) is 5.10 Å². The van der Waals surface area contributed by atoms with Crippen LogP contribution in [0.4, 0.5) is 5.13 Å². The summed E-state index contributed by atoms with van der Waals surface area (Å²) in [5.74, 6) is 0. The molecule has 1 atom stereocenters. The van der Waals surface area contributed by atoms with Crippen LogP contribution in [0.25, 0.3) is 4.96 Å². The van der Waals surface area contributed by atoms with Gasteiger partial charge >= 0.3 is 0 Å². The van der Waals surface area contributed by atoms with Crippen LogP contribution in [0.3, 0.4) is 0 Å². The van der Waals surface area contributed by atoms with E-state index in [0.717, 1.165) is 22.3 Å². The van der Waals surface area contributed by atoms with Gasteiger partial charge in [0.05, 0.1) is 18.4 Å². The minimum Gasteiger partial charge on any atom is -0.356 e. The van der Waals surface area contributed by atoms with Crippen molar-refractivity contribution < 1.29 is 0 Å². The zero-order valence-electron chi connectivity index (χ0n) is 10.2. The lowest BCUT2D eigenvalue weighted by molar-refractivity contribution is 0.560. The van der Waals surface area contributed by atoms with E-state index in [0.29, 0.717) is 0 Å². The standard InChI is InChI=1S/C11H14N6S/c1-8(6-16-5-3-4-12-16)13-10-15-17-7-9(2)14-11(17)18-10/h3-5,7-8H,6H2,1-2H3,(H,13,15). The Morgan fingerprint density at radius 3 is 3.11 bits per heavy atom. The van der Waals surface area contributed by atoms with Crippen molar-refractivity contribution in [3.63, 3.8) is 0 Å². The topological polar surface area (TPSA) is 60.0 Å². The predicted molar refractivity (Wildman–Crippen MR) is 70.9 cm³/mol. The second-order valence-electron chi connectivity index (χ2n) is 4.29. The molecule has 0 saturated heterocycles. The Morgan fingerprint density at radius 2 is 2.39 bits per heavy atom. The van der Waals surface area contributed by atoms with Gasteiger partial charge in [-0.05, 0) is 19.9 Å². The van der Waals surface area contributed by atoms with E-state index in [-0.39, 0.29) is 6.04 Å². The van der Waals surface area contributed by atoms with Crippen LogP contribution in [-0.4, -0.2) is 30.4 Å². The van der Waals surface area contributed by atoms with Crippen LogP contribution in [0.5, 0.6) is 0 Å². The van der Waals surface area contributed by atoms with Gasteiger partial charge in [-0.25, -0.2) is 9.50 Å². The van der Waals surface area contributed by atoms with E-state index in [2.05, 4.69) is 27.4 Å². The van der Waals surface area contributed by atoms with Crippen molar-refractivity contribution in [1.29, 1.82) is 0 Å². The molecule has 0 spiro atoms. The lowest BCUT2D eigenvalue weighted by Crippen LogP contribution is -2.22. The van der Waals surface area contributed by atoms with E-state index in [9.17, 15) is 0 Å². The van der Waals surface area contributed by atoms with Crippen molar-refractivity contribution in [2.75, 3.05) is 5.32 Å². The van der Waals surface area contributed by atoms with Crippen molar-refractivity contribution >= 4 is 21.4 Å². The van der Waals surface area contributed by atoms with Crippen LogP contribution in [0.2, 0.25) is 0 Å². The van der Waals surface area contributed by atoms with E-state index < -0.39 is 0 Å². The van der Waals surface area contributed by atoms with Crippen LogP contribution in [0.1, 0.15) is 12.6 Å². The Balaban J connectivity index is 1.69. The molecule has 0 saturated carbocycles. The average Bonchev–Trinajstić information content (AvgIpc) is 2.94. The summed E-state index contributed by atoms with van der Waals surface area (Å²) in [6.45, 7) is 4.89. The molecule has 0 amide bonds. The first-order valence-electron chi connectivity index (χ1n) is 5.77. The molecule has 1 unspecified atom stereocenters. The van der Waals surface area contributed by atoms with Crippen molar-refractivity contribution in [1.82, 2.24) is 24.4 Å². The van der Waals surface area contributed by atoms with Gasteiger partial charge in [0.1, 0.15) is 0 Å². The summed E-state index contributed by atoms with van der Waals surface area (Å²) < 4.78 is 3.71. The first-order chi connectivity index (χ1) is 8.70. The number of nitrogens with one attached hydrogen (secondary N) is 1. The first kappa shape index (κ1) is 11.2. The van der Waals surface area contributed by atoms with E-state index in [1.165, 1.54) is 0 Å². The maximum absolute atomic E-state index is 4.43. The highest BCUT2D eigenvalue weighted by Gasteiger charge is 2.09. The highest BCUT2D eigenvalue weighted by Crippen LogP contribution is 2.19. The first-order valence-corrected chi connectivity index (χ1v) is 6.59. The molecule has 3 aromatic heterocycles. The van der Waals surface area contributed by atoms with E-state index in [1.807, 2.05) is 34.6 Å². The van der Waals surface area contributed by atoms with E-state index in [1.54, 1.807) is 17.5 Å². The van der Waals surface area contributed by atoms with Gasteiger partial charge < -0.3 is 5.32 Å². The summed E-state index contributed by atoms with van der Waals surface area (Å²) in [4.78, 5) is 5.30. The highest BCUT2D eigenvalue weighted by molar-refractivity contribution is 7.20. The van der Waals surface area contributed by atoms with Crippen LogP contribution >= 0.6 is 11.3 Å². The monoisotopic (exact) mass is 262 g/mol. The third-order valence-corrected chi connectivity index (χ3v) is 3.41. The quantitative estimate of drug-likeness (QED) is 0.779. The second-order valence-corrected chi connectivity index (χ2v) is 5.25. The number of fused-ring (bicyclic) bond motifs is 1.